The Morgan fingerprint density at radius 2 is 1.73 bits per heavy atom. The fourth-order valence-corrected chi connectivity index (χ4v) is 2.08. The largest absolute Gasteiger partial charge is 0.494 e. The molecule has 22 heavy (non-hydrogen) atoms. The molecule has 0 atom stereocenters. The van der Waals surface area contributed by atoms with E-state index in [-0.39, 0.29) is 5.97 Å². The minimum atomic E-state index is -0.324. The highest BCUT2D eigenvalue weighted by atomic mass is 16.5. The van der Waals surface area contributed by atoms with Crippen molar-refractivity contribution in [3.8, 4) is 5.75 Å². The van der Waals surface area contributed by atoms with Gasteiger partial charge >= 0.3 is 5.97 Å². The van der Waals surface area contributed by atoms with Gasteiger partial charge < -0.3 is 14.8 Å². The van der Waals surface area contributed by atoms with E-state index in [1.165, 1.54) is 7.11 Å². The van der Waals surface area contributed by atoms with Crippen LogP contribution in [0.5, 0.6) is 5.75 Å². The maximum absolute atomic E-state index is 11.6. The normalized spacial score (nSPS) is 10.0. The van der Waals surface area contributed by atoms with Crippen molar-refractivity contribution in [2.24, 2.45) is 0 Å². The number of para-hydroxylation sites is 2. The van der Waals surface area contributed by atoms with Crippen LogP contribution in [-0.4, -0.2) is 26.2 Å². The predicted molar refractivity (Wildman–Crippen MR) is 87.4 cm³/mol. The van der Waals surface area contributed by atoms with Gasteiger partial charge in [-0.2, -0.15) is 0 Å². The second kappa shape index (κ2) is 8.72. The molecular weight excluding hydrogens is 278 g/mol. The van der Waals surface area contributed by atoms with Gasteiger partial charge in [-0.1, -0.05) is 30.3 Å². The number of benzene rings is 2. The summed E-state index contributed by atoms with van der Waals surface area (Å²) in [6.07, 6.45) is 1.91. The highest BCUT2D eigenvalue weighted by Gasteiger charge is 2.09. The molecule has 2 aromatic rings. The molecule has 0 spiro atoms. The van der Waals surface area contributed by atoms with E-state index in [4.69, 9.17) is 9.47 Å². The number of rotatable bonds is 8. The second-order valence-electron chi connectivity index (χ2n) is 4.83. The predicted octanol–water partition coefficient (Wildman–Crippen LogP) is 3.74. The minimum absolute atomic E-state index is 0.324. The first-order valence-corrected chi connectivity index (χ1v) is 7.40. The Morgan fingerprint density at radius 3 is 2.50 bits per heavy atom. The van der Waals surface area contributed by atoms with Crippen LogP contribution < -0.4 is 10.1 Å². The standard InChI is InChI=1S/C18H21NO3/c1-21-18(20)16-11-5-6-12-17(16)19-13-7-8-14-22-15-9-3-2-4-10-15/h2-6,9-12,19H,7-8,13-14H2,1H3. The molecule has 0 aliphatic carbocycles. The van der Waals surface area contributed by atoms with Crippen LogP contribution in [0.25, 0.3) is 0 Å². The van der Waals surface area contributed by atoms with E-state index in [1.807, 2.05) is 48.5 Å². The lowest BCUT2D eigenvalue weighted by Crippen LogP contribution is -2.10. The fraction of sp³-hybridized carbons (Fsp3) is 0.278. The summed E-state index contributed by atoms with van der Waals surface area (Å²) in [5.74, 6) is 0.571. The van der Waals surface area contributed by atoms with Crippen molar-refractivity contribution >= 4 is 11.7 Å². The van der Waals surface area contributed by atoms with Gasteiger partial charge in [0.15, 0.2) is 0 Å². The van der Waals surface area contributed by atoms with E-state index in [0.29, 0.717) is 12.2 Å². The van der Waals surface area contributed by atoms with Crippen LogP contribution in [0.3, 0.4) is 0 Å². The number of anilines is 1. The maximum Gasteiger partial charge on any atom is 0.339 e. The molecule has 4 heteroatoms. The number of carbonyl (C=O) groups excluding carboxylic acids is 1. The number of hydrogen-bond donors (Lipinski definition) is 1. The fourth-order valence-electron chi connectivity index (χ4n) is 2.08. The van der Waals surface area contributed by atoms with Crippen LogP contribution in [0, 0.1) is 0 Å². The van der Waals surface area contributed by atoms with Crippen molar-refractivity contribution < 1.29 is 14.3 Å². The van der Waals surface area contributed by atoms with E-state index in [2.05, 4.69) is 5.32 Å². The Kier molecular flexibility index (Phi) is 6.30. The van der Waals surface area contributed by atoms with E-state index >= 15 is 0 Å². The van der Waals surface area contributed by atoms with Crippen molar-refractivity contribution in [1.82, 2.24) is 0 Å². The Labute approximate surface area is 131 Å². The Balaban J connectivity index is 1.70. The molecule has 0 fully saturated rings. The first kappa shape index (κ1) is 15.9. The molecule has 2 aromatic carbocycles. The zero-order chi connectivity index (χ0) is 15.6. The number of ether oxygens (including phenoxy) is 2. The molecule has 0 aliphatic heterocycles. The smallest absolute Gasteiger partial charge is 0.339 e. The molecule has 0 saturated heterocycles. The van der Waals surface area contributed by atoms with E-state index in [0.717, 1.165) is 30.8 Å². The summed E-state index contributed by atoms with van der Waals surface area (Å²) in [5, 5.41) is 3.27. The monoisotopic (exact) mass is 299 g/mol. The third-order valence-corrected chi connectivity index (χ3v) is 3.23. The summed E-state index contributed by atoms with van der Waals surface area (Å²) in [7, 11) is 1.39. The van der Waals surface area contributed by atoms with Crippen LogP contribution in [0.2, 0.25) is 0 Å². The zero-order valence-electron chi connectivity index (χ0n) is 12.7. The van der Waals surface area contributed by atoms with Gasteiger partial charge in [0, 0.05) is 12.2 Å². The average molecular weight is 299 g/mol. The second-order valence-corrected chi connectivity index (χ2v) is 4.83. The quantitative estimate of drug-likeness (QED) is 0.596. The molecule has 116 valence electrons. The summed E-state index contributed by atoms with van der Waals surface area (Å²) in [5.41, 5.74) is 1.36. The van der Waals surface area contributed by atoms with E-state index in [9.17, 15) is 4.79 Å². The van der Waals surface area contributed by atoms with Gasteiger partial charge in [-0.05, 0) is 37.1 Å². The van der Waals surface area contributed by atoms with Gasteiger partial charge in [0.25, 0.3) is 0 Å². The van der Waals surface area contributed by atoms with Gasteiger partial charge in [0.2, 0.25) is 0 Å². The van der Waals surface area contributed by atoms with Crippen LogP contribution in [-0.2, 0) is 4.74 Å². The van der Waals surface area contributed by atoms with Crippen LogP contribution >= 0.6 is 0 Å². The van der Waals surface area contributed by atoms with Crippen molar-refractivity contribution in [3.05, 3.63) is 60.2 Å². The van der Waals surface area contributed by atoms with E-state index in [1.54, 1.807) is 6.07 Å². The lowest BCUT2D eigenvalue weighted by Gasteiger charge is -2.11. The highest BCUT2D eigenvalue weighted by Crippen LogP contribution is 2.16. The maximum atomic E-state index is 11.6. The van der Waals surface area contributed by atoms with Crippen LogP contribution in [0.4, 0.5) is 5.69 Å². The molecule has 2 rings (SSSR count). The molecule has 1 N–H and O–H groups in total. The zero-order valence-corrected chi connectivity index (χ0v) is 12.7. The minimum Gasteiger partial charge on any atom is -0.494 e. The van der Waals surface area contributed by atoms with E-state index < -0.39 is 0 Å². The molecule has 0 saturated carbocycles. The summed E-state index contributed by atoms with van der Waals surface area (Å²) in [4.78, 5) is 11.6. The lowest BCUT2D eigenvalue weighted by atomic mass is 10.1. The van der Waals surface area contributed by atoms with Crippen LogP contribution in [0.1, 0.15) is 23.2 Å². The summed E-state index contributed by atoms with van der Waals surface area (Å²) in [6, 6.07) is 17.1. The molecule has 0 unspecified atom stereocenters. The van der Waals surface area contributed by atoms with Gasteiger partial charge in [-0.15, -0.1) is 0 Å². The molecule has 0 bridgehead atoms. The van der Waals surface area contributed by atoms with Gasteiger partial charge in [0.1, 0.15) is 5.75 Å². The first-order valence-electron chi connectivity index (χ1n) is 7.40. The number of methoxy groups -OCH3 is 1. The molecular formula is C18H21NO3. The number of esters is 1. The van der Waals surface area contributed by atoms with Crippen molar-refractivity contribution in [3.63, 3.8) is 0 Å². The first-order chi connectivity index (χ1) is 10.8. The summed E-state index contributed by atoms with van der Waals surface area (Å²) >= 11 is 0. The number of hydrogen-bond acceptors (Lipinski definition) is 4. The lowest BCUT2D eigenvalue weighted by molar-refractivity contribution is 0.0602. The van der Waals surface area contributed by atoms with Crippen molar-refractivity contribution in [2.45, 2.75) is 12.8 Å². The molecule has 4 nitrogen and oxygen atoms in total. The SMILES string of the molecule is COC(=O)c1ccccc1NCCCCOc1ccccc1. The third kappa shape index (κ3) is 4.81. The molecule has 0 heterocycles. The highest BCUT2D eigenvalue weighted by molar-refractivity contribution is 5.95. The number of nitrogens with one attached hydrogen (secondary N) is 1. The van der Waals surface area contributed by atoms with Crippen molar-refractivity contribution in [1.29, 1.82) is 0 Å². The van der Waals surface area contributed by atoms with Gasteiger partial charge in [-0.3, -0.25) is 0 Å². The van der Waals surface area contributed by atoms with Gasteiger partial charge in [-0.25, -0.2) is 4.79 Å². The molecule has 0 aliphatic rings. The molecule has 0 amide bonds. The van der Waals surface area contributed by atoms with Crippen LogP contribution in [0.15, 0.2) is 54.6 Å². The third-order valence-electron chi connectivity index (χ3n) is 3.23. The number of carbonyl (C=O) groups is 1. The number of unbranched alkanes of at least 4 members (excludes halogenated alkanes) is 1. The summed E-state index contributed by atoms with van der Waals surface area (Å²) in [6.45, 7) is 1.47. The Hall–Kier alpha value is -2.49. The summed E-state index contributed by atoms with van der Waals surface area (Å²) < 4.78 is 10.4. The topological polar surface area (TPSA) is 47.6 Å². The van der Waals surface area contributed by atoms with Gasteiger partial charge in [0.05, 0.1) is 19.3 Å². The van der Waals surface area contributed by atoms with Crippen molar-refractivity contribution in [2.75, 3.05) is 25.6 Å². The molecule has 0 radical (unpaired) electrons. The molecule has 0 aromatic heterocycles. The Morgan fingerprint density at radius 1 is 1.00 bits per heavy atom. The Bertz CT molecular complexity index is 584. The average Bonchev–Trinajstić information content (AvgIpc) is 2.58.